The Morgan fingerprint density at radius 3 is 2.27 bits per heavy atom. The van der Waals surface area contributed by atoms with Crippen molar-refractivity contribution in [3.8, 4) is 0 Å². The van der Waals surface area contributed by atoms with Crippen molar-refractivity contribution in [2.75, 3.05) is 45.5 Å². The zero-order valence-electron chi connectivity index (χ0n) is 19.4. The van der Waals surface area contributed by atoms with Gasteiger partial charge in [0.15, 0.2) is 0 Å². The first kappa shape index (κ1) is 24.3. The Bertz CT molecular complexity index is 1060. The lowest BCUT2D eigenvalue weighted by molar-refractivity contribution is 0.0693. The summed E-state index contributed by atoms with van der Waals surface area (Å²) in [6, 6.07) is 15.3. The smallest absolute Gasteiger partial charge is 0.255 e. The molecular formula is C25H33N3O3S2. The number of sulfonamides is 1. The standard InChI is InChI=1S/C25H33N3O3S2/c1-20-10-12-27(13-11-20)25(29)23-18-22(8-9-24(23)32-2)33(30,31)28-16-14-26(15-17-28)19-21-6-4-3-5-7-21/h3-9,18,20H,10-17,19H2,1-2H3. The van der Waals surface area contributed by atoms with E-state index in [-0.39, 0.29) is 10.8 Å². The first-order valence-corrected chi connectivity index (χ1v) is 14.3. The van der Waals surface area contributed by atoms with Crippen LogP contribution in [0.1, 0.15) is 35.7 Å². The number of thioether (sulfide) groups is 1. The Hall–Kier alpha value is -1.87. The summed E-state index contributed by atoms with van der Waals surface area (Å²) in [5.74, 6) is 0.567. The number of carbonyl (C=O) groups excluding carboxylic acids is 1. The van der Waals surface area contributed by atoms with Gasteiger partial charge in [-0.3, -0.25) is 9.69 Å². The van der Waals surface area contributed by atoms with Crippen LogP contribution in [0.3, 0.4) is 0 Å². The molecule has 0 spiro atoms. The minimum atomic E-state index is -3.65. The van der Waals surface area contributed by atoms with Crippen molar-refractivity contribution in [2.45, 2.75) is 36.1 Å². The highest BCUT2D eigenvalue weighted by atomic mass is 32.2. The molecule has 0 bridgehead atoms. The van der Waals surface area contributed by atoms with Crippen LogP contribution in [0.2, 0.25) is 0 Å². The highest BCUT2D eigenvalue weighted by Gasteiger charge is 2.30. The lowest BCUT2D eigenvalue weighted by Crippen LogP contribution is -2.48. The molecular weight excluding hydrogens is 454 g/mol. The fourth-order valence-corrected chi connectivity index (χ4v) is 6.53. The maximum atomic E-state index is 13.4. The van der Waals surface area contributed by atoms with Crippen molar-refractivity contribution in [3.05, 3.63) is 59.7 Å². The van der Waals surface area contributed by atoms with Gasteiger partial charge in [0.2, 0.25) is 10.0 Å². The van der Waals surface area contributed by atoms with Crippen molar-refractivity contribution in [2.24, 2.45) is 5.92 Å². The Balaban J connectivity index is 1.47. The third kappa shape index (κ3) is 5.62. The predicted molar refractivity (Wildman–Crippen MR) is 133 cm³/mol. The second kappa shape index (κ2) is 10.6. The monoisotopic (exact) mass is 487 g/mol. The fourth-order valence-electron chi connectivity index (χ4n) is 4.52. The highest BCUT2D eigenvalue weighted by Crippen LogP contribution is 2.28. The molecule has 0 saturated carbocycles. The molecule has 2 aliphatic heterocycles. The lowest BCUT2D eigenvalue weighted by atomic mass is 9.98. The van der Waals surface area contributed by atoms with E-state index in [0.29, 0.717) is 37.7 Å². The molecule has 0 aliphatic carbocycles. The zero-order valence-corrected chi connectivity index (χ0v) is 21.1. The average molecular weight is 488 g/mol. The molecule has 0 aromatic heterocycles. The Kier molecular flexibility index (Phi) is 7.79. The summed E-state index contributed by atoms with van der Waals surface area (Å²) < 4.78 is 28.4. The maximum absolute atomic E-state index is 13.4. The third-order valence-electron chi connectivity index (χ3n) is 6.69. The molecule has 2 aromatic rings. The number of amides is 1. The van der Waals surface area contributed by atoms with E-state index in [1.54, 1.807) is 22.5 Å². The number of likely N-dealkylation sites (tertiary alicyclic amines) is 1. The van der Waals surface area contributed by atoms with Gasteiger partial charge in [-0.1, -0.05) is 37.3 Å². The van der Waals surface area contributed by atoms with E-state index in [2.05, 4.69) is 24.0 Å². The molecule has 178 valence electrons. The van der Waals surface area contributed by atoms with E-state index in [1.165, 1.54) is 17.3 Å². The molecule has 4 rings (SSSR count). The van der Waals surface area contributed by atoms with Gasteiger partial charge >= 0.3 is 0 Å². The summed E-state index contributed by atoms with van der Waals surface area (Å²) in [6.45, 7) is 6.78. The second-order valence-corrected chi connectivity index (χ2v) is 11.8. The molecule has 2 aliphatic rings. The van der Waals surface area contributed by atoms with E-state index < -0.39 is 10.0 Å². The molecule has 0 unspecified atom stereocenters. The second-order valence-electron chi connectivity index (χ2n) is 9.00. The van der Waals surface area contributed by atoms with Gasteiger partial charge < -0.3 is 4.90 Å². The van der Waals surface area contributed by atoms with Crippen LogP contribution >= 0.6 is 11.8 Å². The van der Waals surface area contributed by atoms with Crippen LogP contribution in [0.15, 0.2) is 58.3 Å². The predicted octanol–water partition coefficient (Wildman–Crippen LogP) is 3.79. The Morgan fingerprint density at radius 2 is 1.64 bits per heavy atom. The average Bonchev–Trinajstić information content (AvgIpc) is 2.84. The van der Waals surface area contributed by atoms with Crippen molar-refractivity contribution in [1.82, 2.24) is 14.1 Å². The molecule has 1 amide bonds. The molecule has 2 aromatic carbocycles. The van der Waals surface area contributed by atoms with E-state index >= 15 is 0 Å². The molecule has 0 atom stereocenters. The number of hydrogen-bond donors (Lipinski definition) is 0. The van der Waals surface area contributed by atoms with E-state index in [0.717, 1.165) is 37.4 Å². The highest BCUT2D eigenvalue weighted by molar-refractivity contribution is 7.98. The molecule has 0 N–H and O–H groups in total. The van der Waals surface area contributed by atoms with Gasteiger partial charge in [-0.05, 0) is 48.8 Å². The van der Waals surface area contributed by atoms with Crippen LogP contribution in [0.5, 0.6) is 0 Å². The van der Waals surface area contributed by atoms with E-state index in [1.807, 2.05) is 29.4 Å². The summed E-state index contributed by atoms with van der Waals surface area (Å²) in [5, 5.41) is 0. The summed E-state index contributed by atoms with van der Waals surface area (Å²) in [7, 11) is -3.65. The third-order valence-corrected chi connectivity index (χ3v) is 9.38. The summed E-state index contributed by atoms with van der Waals surface area (Å²) in [6.07, 6.45) is 3.90. The van der Waals surface area contributed by atoms with Crippen LogP contribution in [0, 0.1) is 5.92 Å². The first-order chi connectivity index (χ1) is 15.9. The van der Waals surface area contributed by atoms with Crippen LogP contribution in [0.4, 0.5) is 0 Å². The number of piperidine rings is 1. The lowest BCUT2D eigenvalue weighted by Gasteiger charge is -2.34. The SMILES string of the molecule is CSc1ccc(S(=O)(=O)N2CCN(Cc3ccccc3)CC2)cc1C(=O)N1CCC(C)CC1. The van der Waals surface area contributed by atoms with Crippen LogP contribution in [0.25, 0.3) is 0 Å². The van der Waals surface area contributed by atoms with Gasteiger partial charge in [0.25, 0.3) is 5.91 Å². The van der Waals surface area contributed by atoms with Crippen molar-refractivity contribution >= 4 is 27.7 Å². The molecule has 33 heavy (non-hydrogen) atoms. The number of benzene rings is 2. The molecule has 8 heteroatoms. The van der Waals surface area contributed by atoms with Gasteiger partial charge in [-0.15, -0.1) is 11.8 Å². The normalized spacial score (nSPS) is 19.0. The molecule has 6 nitrogen and oxygen atoms in total. The number of hydrogen-bond acceptors (Lipinski definition) is 5. The molecule has 2 saturated heterocycles. The number of nitrogens with zero attached hydrogens (tertiary/aromatic N) is 3. The first-order valence-electron chi connectivity index (χ1n) is 11.6. The molecule has 2 heterocycles. The van der Waals surface area contributed by atoms with Crippen LogP contribution < -0.4 is 0 Å². The molecule has 2 fully saturated rings. The Labute approximate surface area is 202 Å². The van der Waals surface area contributed by atoms with Crippen molar-refractivity contribution < 1.29 is 13.2 Å². The van der Waals surface area contributed by atoms with Crippen molar-refractivity contribution in [1.29, 1.82) is 0 Å². The van der Waals surface area contributed by atoms with Crippen LogP contribution in [-0.4, -0.2) is 74.0 Å². The zero-order chi connectivity index (χ0) is 23.4. The quantitative estimate of drug-likeness (QED) is 0.581. The van der Waals surface area contributed by atoms with Gasteiger partial charge in [0.1, 0.15) is 0 Å². The van der Waals surface area contributed by atoms with E-state index in [9.17, 15) is 13.2 Å². The van der Waals surface area contributed by atoms with Gasteiger partial charge in [0, 0.05) is 50.7 Å². The van der Waals surface area contributed by atoms with Gasteiger partial charge in [-0.2, -0.15) is 4.31 Å². The van der Waals surface area contributed by atoms with Crippen LogP contribution in [-0.2, 0) is 16.6 Å². The minimum Gasteiger partial charge on any atom is -0.339 e. The topological polar surface area (TPSA) is 60.9 Å². The van der Waals surface area contributed by atoms with Crippen molar-refractivity contribution in [3.63, 3.8) is 0 Å². The number of piperazine rings is 1. The largest absolute Gasteiger partial charge is 0.339 e. The van der Waals surface area contributed by atoms with Gasteiger partial charge in [-0.25, -0.2) is 8.42 Å². The maximum Gasteiger partial charge on any atom is 0.255 e. The summed E-state index contributed by atoms with van der Waals surface area (Å²) in [4.78, 5) is 18.4. The number of carbonyl (C=O) groups is 1. The fraction of sp³-hybridized carbons (Fsp3) is 0.480. The van der Waals surface area contributed by atoms with E-state index in [4.69, 9.17) is 0 Å². The van der Waals surface area contributed by atoms with Gasteiger partial charge in [0.05, 0.1) is 10.5 Å². The Morgan fingerprint density at radius 1 is 0.970 bits per heavy atom. The number of rotatable bonds is 6. The molecule has 0 radical (unpaired) electrons. The summed E-state index contributed by atoms with van der Waals surface area (Å²) in [5.41, 5.74) is 1.73. The minimum absolute atomic E-state index is 0.0593. The summed E-state index contributed by atoms with van der Waals surface area (Å²) >= 11 is 1.48.